The van der Waals surface area contributed by atoms with Crippen LogP contribution in [0.4, 0.5) is 4.79 Å². The van der Waals surface area contributed by atoms with E-state index in [1.54, 1.807) is 12.1 Å². The van der Waals surface area contributed by atoms with Crippen molar-refractivity contribution in [2.24, 2.45) is 0 Å². The van der Waals surface area contributed by atoms with Gasteiger partial charge in [0.15, 0.2) is 0 Å². The second-order valence-corrected chi connectivity index (χ2v) is 6.33. The number of likely N-dealkylation sites (N-methyl/N-ethyl adjacent to an activating group) is 1. The summed E-state index contributed by atoms with van der Waals surface area (Å²) in [4.78, 5) is 18.8. The normalized spacial score (nSPS) is 22.9. The first-order chi connectivity index (χ1) is 10.5. The molecule has 1 saturated heterocycles. The van der Waals surface area contributed by atoms with Gasteiger partial charge in [0.25, 0.3) is 0 Å². The van der Waals surface area contributed by atoms with E-state index in [1.807, 2.05) is 23.1 Å². The van der Waals surface area contributed by atoms with Crippen LogP contribution in [-0.4, -0.2) is 73.2 Å². The third kappa shape index (κ3) is 4.45. The lowest BCUT2D eigenvalue weighted by Crippen LogP contribution is -2.59. The maximum atomic E-state index is 12.3. The molecule has 1 aliphatic heterocycles. The van der Waals surface area contributed by atoms with Crippen molar-refractivity contribution < 1.29 is 9.53 Å². The lowest BCUT2D eigenvalue weighted by atomic mass is 10.1. The first kappa shape index (κ1) is 16.8. The Labute approximate surface area is 133 Å². The fourth-order valence-electron chi connectivity index (χ4n) is 2.92. The Morgan fingerprint density at radius 3 is 2.32 bits per heavy atom. The van der Waals surface area contributed by atoms with Crippen molar-refractivity contribution in [3.63, 3.8) is 0 Å². The van der Waals surface area contributed by atoms with Crippen LogP contribution in [0.25, 0.3) is 0 Å². The number of benzene rings is 1. The van der Waals surface area contributed by atoms with E-state index in [2.05, 4.69) is 37.7 Å². The van der Waals surface area contributed by atoms with Crippen molar-refractivity contribution in [2.45, 2.75) is 25.9 Å². The smallest absolute Gasteiger partial charge is 0.410 e. The number of rotatable bonds is 4. The summed E-state index contributed by atoms with van der Waals surface area (Å²) in [5.74, 6) is 0.600. The van der Waals surface area contributed by atoms with E-state index >= 15 is 0 Å². The average Bonchev–Trinajstić information content (AvgIpc) is 2.47. The van der Waals surface area contributed by atoms with Gasteiger partial charge in [-0.05, 0) is 40.1 Å². The third-order valence-corrected chi connectivity index (χ3v) is 4.11. The molecule has 0 saturated carbocycles. The minimum Gasteiger partial charge on any atom is -0.410 e. The highest BCUT2D eigenvalue weighted by Crippen LogP contribution is 2.18. The van der Waals surface area contributed by atoms with Gasteiger partial charge in [0.2, 0.25) is 0 Å². The van der Waals surface area contributed by atoms with Gasteiger partial charge in [-0.3, -0.25) is 4.90 Å². The number of nitrogens with zero attached hydrogens (tertiary/aromatic N) is 3. The van der Waals surface area contributed by atoms with Crippen LogP contribution >= 0.6 is 0 Å². The summed E-state index contributed by atoms with van der Waals surface area (Å²) in [6, 6.07) is 9.93. The van der Waals surface area contributed by atoms with Crippen LogP contribution in [0.3, 0.4) is 0 Å². The minimum atomic E-state index is -0.253. The first-order valence-electron chi connectivity index (χ1n) is 7.89. The van der Waals surface area contributed by atoms with Crippen molar-refractivity contribution in [3.8, 4) is 5.75 Å². The number of ether oxygens (including phenoxy) is 1. The van der Waals surface area contributed by atoms with Gasteiger partial charge in [-0.15, -0.1) is 0 Å². The molecule has 2 rings (SSSR count). The molecule has 0 aliphatic carbocycles. The molecule has 1 aromatic rings. The Hall–Kier alpha value is -1.59. The Morgan fingerprint density at radius 1 is 1.18 bits per heavy atom. The molecule has 22 heavy (non-hydrogen) atoms. The number of para-hydroxylation sites is 1. The minimum absolute atomic E-state index is 0.253. The highest BCUT2D eigenvalue weighted by atomic mass is 16.6. The molecule has 5 heteroatoms. The molecule has 2 atom stereocenters. The van der Waals surface area contributed by atoms with Gasteiger partial charge in [0, 0.05) is 38.3 Å². The number of hydrogen-bond donors (Lipinski definition) is 0. The summed E-state index contributed by atoms with van der Waals surface area (Å²) in [5.41, 5.74) is 0. The average molecular weight is 305 g/mol. The van der Waals surface area contributed by atoms with Gasteiger partial charge in [-0.25, -0.2) is 4.79 Å². The number of piperazine rings is 1. The molecule has 1 amide bonds. The standard InChI is InChI=1S/C17H27N3O2/c1-14-12-19(13-15(2)20(14)11-10-18(3)4)17(21)22-16-8-6-5-7-9-16/h5-9,14-15H,10-13H2,1-4H3. The second kappa shape index (κ2) is 7.61. The maximum Gasteiger partial charge on any atom is 0.415 e. The largest absolute Gasteiger partial charge is 0.415 e. The molecule has 122 valence electrons. The van der Waals surface area contributed by atoms with Crippen molar-refractivity contribution in [1.29, 1.82) is 0 Å². The Bertz CT molecular complexity index is 466. The van der Waals surface area contributed by atoms with E-state index in [0.29, 0.717) is 30.9 Å². The van der Waals surface area contributed by atoms with E-state index in [4.69, 9.17) is 4.74 Å². The lowest BCUT2D eigenvalue weighted by Gasteiger charge is -2.44. The maximum absolute atomic E-state index is 12.3. The highest BCUT2D eigenvalue weighted by molar-refractivity contribution is 5.70. The summed E-state index contributed by atoms with van der Waals surface area (Å²) in [6.45, 7) is 7.83. The molecule has 1 fully saturated rings. The van der Waals surface area contributed by atoms with E-state index < -0.39 is 0 Å². The number of hydrogen-bond acceptors (Lipinski definition) is 4. The van der Waals surface area contributed by atoms with Crippen molar-refractivity contribution in [3.05, 3.63) is 30.3 Å². The number of amides is 1. The van der Waals surface area contributed by atoms with Gasteiger partial charge in [0.05, 0.1) is 0 Å². The van der Waals surface area contributed by atoms with Crippen molar-refractivity contribution in [2.75, 3.05) is 40.3 Å². The van der Waals surface area contributed by atoms with E-state index in [-0.39, 0.29) is 6.09 Å². The molecule has 5 nitrogen and oxygen atoms in total. The molecule has 1 aromatic carbocycles. The third-order valence-electron chi connectivity index (χ3n) is 4.11. The zero-order chi connectivity index (χ0) is 16.1. The van der Waals surface area contributed by atoms with Crippen LogP contribution in [0.15, 0.2) is 30.3 Å². The predicted molar refractivity (Wildman–Crippen MR) is 88.2 cm³/mol. The Balaban J connectivity index is 1.91. The molecule has 1 aliphatic rings. The predicted octanol–water partition coefficient (Wildman–Crippen LogP) is 2.14. The monoisotopic (exact) mass is 305 g/mol. The fraction of sp³-hybridized carbons (Fsp3) is 0.588. The van der Waals surface area contributed by atoms with E-state index in [0.717, 1.165) is 13.1 Å². The quantitative estimate of drug-likeness (QED) is 0.854. The molecule has 0 spiro atoms. The molecule has 0 N–H and O–H groups in total. The van der Waals surface area contributed by atoms with Gasteiger partial charge >= 0.3 is 6.09 Å². The fourth-order valence-corrected chi connectivity index (χ4v) is 2.92. The van der Waals surface area contributed by atoms with Crippen LogP contribution < -0.4 is 4.74 Å². The molecular formula is C17H27N3O2. The van der Waals surface area contributed by atoms with E-state index in [1.165, 1.54) is 0 Å². The van der Waals surface area contributed by atoms with Crippen LogP contribution in [0.5, 0.6) is 5.75 Å². The molecule has 2 unspecified atom stereocenters. The zero-order valence-electron chi connectivity index (χ0n) is 14.0. The summed E-state index contributed by atoms with van der Waals surface area (Å²) >= 11 is 0. The van der Waals surface area contributed by atoms with Crippen LogP contribution in [0.2, 0.25) is 0 Å². The summed E-state index contributed by atoms with van der Waals surface area (Å²) in [5, 5.41) is 0. The first-order valence-corrected chi connectivity index (χ1v) is 7.89. The van der Waals surface area contributed by atoms with Crippen molar-refractivity contribution in [1.82, 2.24) is 14.7 Å². The van der Waals surface area contributed by atoms with Crippen LogP contribution in [0.1, 0.15) is 13.8 Å². The summed E-state index contributed by atoms with van der Waals surface area (Å²) < 4.78 is 5.44. The topological polar surface area (TPSA) is 36.0 Å². The summed E-state index contributed by atoms with van der Waals surface area (Å²) in [6.07, 6.45) is -0.253. The number of carbonyl (C=O) groups is 1. The Morgan fingerprint density at radius 2 is 1.77 bits per heavy atom. The number of carbonyl (C=O) groups excluding carboxylic acids is 1. The zero-order valence-corrected chi connectivity index (χ0v) is 14.0. The highest BCUT2D eigenvalue weighted by Gasteiger charge is 2.32. The van der Waals surface area contributed by atoms with Crippen LogP contribution in [-0.2, 0) is 0 Å². The molecule has 0 radical (unpaired) electrons. The molecule has 0 aromatic heterocycles. The SMILES string of the molecule is CC1CN(C(=O)Oc2ccccc2)CC(C)N1CCN(C)C. The van der Waals surface area contributed by atoms with Crippen LogP contribution in [0, 0.1) is 0 Å². The molecular weight excluding hydrogens is 278 g/mol. The second-order valence-electron chi connectivity index (χ2n) is 6.33. The van der Waals surface area contributed by atoms with Gasteiger partial charge in [-0.1, -0.05) is 18.2 Å². The van der Waals surface area contributed by atoms with Gasteiger partial charge in [0.1, 0.15) is 5.75 Å². The van der Waals surface area contributed by atoms with E-state index in [9.17, 15) is 4.79 Å². The lowest BCUT2D eigenvalue weighted by molar-refractivity contribution is 0.0391. The summed E-state index contributed by atoms with van der Waals surface area (Å²) in [7, 11) is 4.17. The van der Waals surface area contributed by atoms with Crippen molar-refractivity contribution >= 4 is 6.09 Å². The molecule has 1 heterocycles. The van der Waals surface area contributed by atoms with Gasteiger partial charge in [-0.2, -0.15) is 0 Å². The Kier molecular flexibility index (Phi) is 5.80. The molecule has 0 bridgehead atoms. The van der Waals surface area contributed by atoms with Gasteiger partial charge < -0.3 is 14.5 Å².